The van der Waals surface area contributed by atoms with Crippen LogP contribution in [0.25, 0.3) is 0 Å². The molecule has 1 aromatic heterocycles. The van der Waals surface area contributed by atoms with Crippen molar-refractivity contribution in [3.63, 3.8) is 0 Å². The number of rotatable bonds is 6. The van der Waals surface area contributed by atoms with Crippen LogP contribution in [0.4, 0.5) is 0 Å². The lowest BCUT2D eigenvalue weighted by atomic mass is 10.0. The number of aromatic nitrogens is 2. The van der Waals surface area contributed by atoms with E-state index >= 15 is 0 Å². The Morgan fingerprint density at radius 2 is 1.92 bits per heavy atom. The molecule has 1 fully saturated rings. The molecule has 0 spiro atoms. The lowest BCUT2D eigenvalue weighted by Crippen LogP contribution is -2.40. The molecule has 128 valence electrons. The van der Waals surface area contributed by atoms with E-state index in [4.69, 9.17) is 0 Å². The molecule has 1 saturated heterocycles. The first kappa shape index (κ1) is 16.7. The van der Waals surface area contributed by atoms with Gasteiger partial charge in [-0.3, -0.25) is 14.4 Å². The van der Waals surface area contributed by atoms with Gasteiger partial charge in [-0.05, 0) is 44.5 Å². The highest BCUT2D eigenvalue weighted by molar-refractivity contribution is 5.92. The van der Waals surface area contributed by atoms with E-state index in [-0.39, 0.29) is 11.9 Å². The van der Waals surface area contributed by atoms with Crippen LogP contribution in [-0.2, 0) is 6.54 Å². The second-order valence-corrected chi connectivity index (χ2v) is 6.29. The summed E-state index contributed by atoms with van der Waals surface area (Å²) < 4.78 is 1.77. The number of carbonyl (C=O) groups excluding carboxylic acids is 1. The number of amides is 1. The zero-order chi connectivity index (χ0) is 16.8. The first-order valence-electron chi connectivity index (χ1n) is 8.88. The lowest BCUT2D eigenvalue weighted by molar-refractivity contribution is 0.0918. The molecule has 0 bridgehead atoms. The maximum atomic E-state index is 12.4. The van der Waals surface area contributed by atoms with Crippen molar-refractivity contribution in [1.29, 1.82) is 0 Å². The van der Waals surface area contributed by atoms with Crippen LogP contribution >= 0.6 is 0 Å². The van der Waals surface area contributed by atoms with Crippen LogP contribution in [0.2, 0.25) is 0 Å². The number of benzene rings is 1. The fourth-order valence-electron chi connectivity index (χ4n) is 3.30. The molecule has 1 N–H and O–H groups in total. The molecule has 24 heavy (non-hydrogen) atoms. The fourth-order valence-corrected chi connectivity index (χ4v) is 3.30. The molecule has 3 rings (SSSR count). The molecule has 1 aromatic carbocycles. The Hall–Kier alpha value is -2.14. The van der Waals surface area contributed by atoms with Gasteiger partial charge in [0, 0.05) is 19.3 Å². The average molecular weight is 326 g/mol. The topological polar surface area (TPSA) is 50.2 Å². The molecule has 0 aliphatic carbocycles. The molecule has 2 heterocycles. The second-order valence-electron chi connectivity index (χ2n) is 6.29. The van der Waals surface area contributed by atoms with Gasteiger partial charge in [0.25, 0.3) is 5.91 Å². The van der Waals surface area contributed by atoms with Crippen molar-refractivity contribution in [2.24, 2.45) is 0 Å². The second kappa shape index (κ2) is 8.11. The molecule has 0 saturated carbocycles. The maximum Gasteiger partial charge on any atom is 0.271 e. The number of piperidine rings is 1. The zero-order valence-corrected chi connectivity index (χ0v) is 14.3. The maximum absolute atomic E-state index is 12.4. The smallest absolute Gasteiger partial charge is 0.271 e. The Morgan fingerprint density at radius 3 is 2.58 bits per heavy atom. The predicted molar refractivity (Wildman–Crippen MR) is 94.8 cm³/mol. The molecule has 0 unspecified atom stereocenters. The minimum Gasteiger partial charge on any atom is -0.349 e. The number of likely N-dealkylation sites (tertiary alicyclic amines) is 1. The number of aryl methyl sites for hydroxylation is 1. The van der Waals surface area contributed by atoms with E-state index in [2.05, 4.69) is 39.6 Å². The van der Waals surface area contributed by atoms with Gasteiger partial charge in [-0.15, -0.1) is 0 Å². The van der Waals surface area contributed by atoms with E-state index in [1.165, 1.54) is 24.8 Å². The quantitative estimate of drug-likeness (QED) is 0.888. The number of nitrogens with zero attached hydrogens (tertiary/aromatic N) is 3. The highest BCUT2D eigenvalue weighted by Gasteiger charge is 2.23. The Kier molecular flexibility index (Phi) is 5.64. The van der Waals surface area contributed by atoms with Crippen molar-refractivity contribution >= 4 is 5.91 Å². The van der Waals surface area contributed by atoms with Gasteiger partial charge in [-0.1, -0.05) is 36.8 Å². The largest absolute Gasteiger partial charge is 0.349 e. The third-order valence-electron chi connectivity index (χ3n) is 4.67. The van der Waals surface area contributed by atoms with Gasteiger partial charge in [0.15, 0.2) is 0 Å². The monoisotopic (exact) mass is 326 g/mol. The van der Waals surface area contributed by atoms with Crippen LogP contribution in [-0.4, -0.2) is 40.2 Å². The summed E-state index contributed by atoms with van der Waals surface area (Å²) in [6, 6.07) is 12.5. The Morgan fingerprint density at radius 1 is 1.17 bits per heavy atom. The van der Waals surface area contributed by atoms with Crippen molar-refractivity contribution in [1.82, 2.24) is 20.0 Å². The molecular formula is C19H26N4O. The number of hydrogen-bond acceptors (Lipinski definition) is 3. The Balaban J connectivity index is 1.68. The molecule has 5 nitrogen and oxygen atoms in total. The van der Waals surface area contributed by atoms with Gasteiger partial charge in [0.1, 0.15) is 5.69 Å². The van der Waals surface area contributed by atoms with Gasteiger partial charge in [0.05, 0.1) is 6.04 Å². The van der Waals surface area contributed by atoms with Crippen LogP contribution in [0, 0.1) is 0 Å². The van der Waals surface area contributed by atoms with Crippen LogP contribution in [0.1, 0.15) is 48.3 Å². The zero-order valence-electron chi connectivity index (χ0n) is 14.3. The van der Waals surface area contributed by atoms with Gasteiger partial charge in [0.2, 0.25) is 0 Å². The van der Waals surface area contributed by atoms with Crippen LogP contribution in [0.5, 0.6) is 0 Å². The Labute approximate surface area is 143 Å². The van der Waals surface area contributed by atoms with E-state index in [0.29, 0.717) is 12.2 Å². The minimum atomic E-state index is -0.0971. The average Bonchev–Trinajstić information content (AvgIpc) is 3.13. The number of hydrogen-bond donors (Lipinski definition) is 1. The normalized spacial score (nSPS) is 16.7. The number of nitrogens with one attached hydrogen (secondary N) is 1. The third-order valence-corrected chi connectivity index (χ3v) is 4.67. The lowest BCUT2D eigenvalue weighted by Gasteiger charge is -2.35. The SMILES string of the molecule is CCn1ccc(C(=O)NC[C@H](c2ccccc2)N2CCCCC2)n1. The summed E-state index contributed by atoms with van der Waals surface area (Å²) in [4.78, 5) is 14.9. The molecular weight excluding hydrogens is 300 g/mol. The van der Waals surface area contributed by atoms with E-state index in [9.17, 15) is 4.79 Å². The first-order chi connectivity index (χ1) is 11.8. The summed E-state index contributed by atoms with van der Waals surface area (Å²) in [7, 11) is 0. The van der Waals surface area contributed by atoms with Crippen LogP contribution in [0.15, 0.2) is 42.6 Å². The summed E-state index contributed by atoms with van der Waals surface area (Å²) in [6.45, 7) is 5.59. The van der Waals surface area contributed by atoms with Crippen LogP contribution < -0.4 is 5.32 Å². The Bertz CT molecular complexity index is 646. The van der Waals surface area contributed by atoms with Gasteiger partial charge < -0.3 is 5.32 Å². The molecule has 1 atom stereocenters. The van der Waals surface area contributed by atoms with E-state index < -0.39 is 0 Å². The highest BCUT2D eigenvalue weighted by Crippen LogP contribution is 2.24. The summed E-state index contributed by atoms with van der Waals surface area (Å²) in [5.41, 5.74) is 1.75. The molecule has 1 amide bonds. The molecule has 0 radical (unpaired) electrons. The minimum absolute atomic E-state index is 0.0971. The summed E-state index contributed by atoms with van der Waals surface area (Å²) in [5.74, 6) is -0.0971. The van der Waals surface area contributed by atoms with Crippen molar-refractivity contribution < 1.29 is 4.79 Å². The van der Waals surface area contributed by atoms with Crippen LogP contribution in [0.3, 0.4) is 0 Å². The highest BCUT2D eigenvalue weighted by atomic mass is 16.1. The van der Waals surface area contributed by atoms with Gasteiger partial charge in [-0.25, -0.2) is 0 Å². The van der Waals surface area contributed by atoms with Gasteiger partial charge in [-0.2, -0.15) is 5.10 Å². The van der Waals surface area contributed by atoms with E-state index in [1.54, 1.807) is 10.7 Å². The molecule has 1 aliphatic rings. The van der Waals surface area contributed by atoms with Crippen molar-refractivity contribution in [2.75, 3.05) is 19.6 Å². The standard InChI is InChI=1S/C19H26N4O/c1-2-23-14-11-17(21-23)19(24)20-15-18(16-9-5-3-6-10-16)22-12-7-4-8-13-22/h3,5-6,9-11,14,18H,2,4,7-8,12-13,15H2,1H3,(H,20,24)/t18-/m1/s1. The summed E-state index contributed by atoms with van der Waals surface area (Å²) in [6.07, 6.45) is 5.61. The predicted octanol–water partition coefficient (Wildman–Crippen LogP) is 2.86. The summed E-state index contributed by atoms with van der Waals surface area (Å²) in [5, 5.41) is 7.36. The van der Waals surface area contributed by atoms with Crippen molar-refractivity contribution in [3.05, 3.63) is 53.9 Å². The molecule has 2 aromatic rings. The van der Waals surface area contributed by atoms with E-state index in [0.717, 1.165) is 19.6 Å². The molecule has 1 aliphatic heterocycles. The fraction of sp³-hybridized carbons (Fsp3) is 0.474. The number of carbonyl (C=O) groups is 1. The van der Waals surface area contributed by atoms with Crippen molar-refractivity contribution in [3.8, 4) is 0 Å². The molecule has 5 heteroatoms. The van der Waals surface area contributed by atoms with Gasteiger partial charge >= 0.3 is 0 Å². The van der Waals surface area contributed by atoms with E-state index in [1.807, 2.05) is 19.2 Å². The summed E-state index contributed by atoms with van der Waals surface area (Å²) >= 11 is 0. The third kappa shape index (κ3) is 4.03. The first-order valence-corrected chi connectivity index (χ1v) is 8.88. The van der Waals surface area contributed by atoms with Crippen molar-refractivity contribution in [2.45, 2.75) is 38.8 Å².